The van der Waals surface area contributed by atoms with E-state index in [0.29, 0.717) is 22.6 Å². The third-order valence-corrected chi connectivity index (χ3v) is 2.82. The molecule has 0 saturated heterocycles. The Labute approximate surface area is 110 Å². The van der Waals surface area contributed by atoms with Gasteiger partial charge in [-0.05, 0) is 26.8 Å². The molecule has 0 radical (unpaired) electrons. The van der Waals surface area contributed by atoms with E-state index in [1.807, 2.05) is 24.6 Å². The molecule has 5 nitrogen and oxygen atoms in total. The molecule has 0 aliphatic rings. The smallest absolute Gasteiger partial charge is 0.333 e. The lowest BCUT2D eigenvalue weighted by Crippen LogP contribution is -2.11. The molecule has 0 bridgehead atoms. The van der Waals surface area contributed by atoms with Crippen molar-refractivity contribution in [1.29, 1.82) is 0 Å². The zero-order valence-electron chi connectivity index (χ0n) is 11.1. The number of alkyl halides is 2. The molecule has 0 unspecified atom stereocenters. The van der Waals surface area contributed by atoms with E-state index >= 15 is 0 Å². The van der Waals surface area contributed by atoms with Crippen molar-refractivity contribution in [2.45, 2.75) is 39.9 Å². The lowest BCUT2D eigenvalue weighted by molar-refractivity contribution is 0.0563. The minimum Gasteiger partial charge on any atom is -0.377 e. The molecule has 0 aliphatic heterocycles. The van der Waals surface area contributed by atoms with Crippen LogP contribution in [0, 0.1) is 6.92 Å². The number of hydrogen-bond acceptors (Lipinski definition) is 3. The molecular weight excluding hydrogens is 252 g/mol. The lowest BCUT2D eigenvalue weighted by Gasteiger charge is -2.11. The van der Waals surface area contributed by atoms with Crippen LogP contribution in [0.3, 0.4) is 0 Å². The Morgan fingerprint density at radius 2 is 2.11 bits per heavy atom. The summed E-state index contributed by atoms with van der Waals surface area (Å²) in [6, 6.07) is 2.16. The number of hydrogen-bond donors (Lipinski definition) is 1. The standard InChI is InChI=1S/C12H17F2N5/c1-8(2)19-10(4-5-16-19)6-15-11-7-18(12(13)14)17-9(11)3/h4-5,7-8,12,15H,6H2,1-3H3. The number of halogens is 2. The van der Waals surface area contributed by atoms with Crippen LogP contribution in [0.2, 0.25) is 0 Å². The Morgan fingerprint density at radius 3 is 2.68 bits per heavy atom. The van der Waals surface area contributed by atoms with Crippen LogP contribution in [-0.2, 0) is 6.54 Å². The molecule has 2 heterocycles. The van der Waals surface area contributed by atoms with E-state index in [4.69, 9.17) is 0 Å². The van der Waals surface area contributed by atoms with E-state index in [0.717, 1.165) is 5.69 Å². The van der Waals surface area contributed by atoms with Crippen molar-refractivity contribution in [1.82, 2.24) is 19.6 Å². The quantitative estimate of drug-likeness (QED) is 0.907. The maximum absolute atomic E-state index is 12.5. The summed E-state index contributed by atoms with van der Waals surface area (Å²) >= 11 is 0. The molecule has 19 heavy (non-hydrogen) atoms. The van der Waals surface area contributed by atoms with Gasteiger partial charge in [0.2, 0.25) is 0 Å². The maximum Gasteiger partial charge on any atom is 0.333 e. The topological polar surface area (TPSA) is 47.7 Å². The van der Waals surface area contributed by atoms with E-state index in [-0.39, 0.29) is 6.04 Å². The van der Waals surface area contributed by atoms with Crippen molar-refractivity contribution in [2.24, 2.45) is 0 Å². The van der Waals surface area contributed by atoms with Crippen LogP contribution in [-0.4, -0.2) is 19.6 Å². The molecule has 0 aromatic carbocycles. The summed E-state index contributed by atoms with van der Waals surface area (Å²) in [7, 11) is 0. The minimum absolute atomic E-state index is 0.261. The van der Waals surface area contributed by atoms with Crippen molar-refractivity contribution < 1.29 is 8.78 Å². The first-order valence-corrected chi connectivity index (χ1v) is 6.09. The van der Waals surface area contributed by atoms with E-state index in [2.05, 4.69) is 15.5 Å². The second kappa shape index (κ2) is 5.38. The number of anilines is 1. The van der Waals surface area contributed by atoms with Crippen LogP contribution < -0.4 is 5.32 Å². The number of nitrogens with one attached hydrogen (secondary N) is 1. The highest BCUT2D eigenvalue weighted by molar-refractivity contribution is 5.45. The van der Waals surface area contributed by atoms with Gasteiger partial charge in [0.25, 0.3) is 0 Å². The highest BCUT2D eigenvalue weighted by atomic mass is 19.3. The Balaban J connectivity index is 2.08. The second-order valence-electron chi connectivity index (χ2n) is 4.60. The van der Waals surface area contributed by atoms with Crippen LogP contribution in [0.15, 0.2) is 18.5 Å². The van der Waals surface area contributed by atoms with Gasteiger partial charge in [0, 0.05) is 12.2 Å². The van der Waals surface area contributed by atoms with Gasteiger partial charge in [0.1, 0.15) is 0 Å². The summed E-state index contributed by atoms with van der Waals surface area (Å²) in [4.78, 5) is 0. The fourth-order valence-corrected chi connectivity index (χ4v) is 1.89. The maximum atomic E-state index is 12.5. The normalized spacial score (nSPS) is 11.5. The third-order valence-electron chi connectivity index (χ3n) is 2.82. The van der Waals surface area contributed by atoms with E-state index < -0.39 is 6.55 Å². The molecule has 7 heteroatoms. The third kappa shape index (κ3) is 2.91. The van der Waals surface area contributed by atoms with E-state index in [1.165, 1.54) is 6.20 Å². The van der Waals surface area contributed by atoms with Gasteiger partial charge >= 0.3 is 6.55 Å². The van der Waals surface area contributed by atoms with Gasteiger partial charge in [-0.2, -0.15) is 19.0 Å². The van der Waals surface area contributed by atoms with Gasteiger partial charge in [-0.3, -0.25) is 4.68 Å². The summed E-state index contributed by atoms with van der Waals surface area (Å²) in [5, 5.41) is 11.1. The highest BCUT2D eigenvalue weighted by Crippen LogP contribution is 2.19. The van der Waals surface area contributed by atoms with E-state index in [9.17, 15) is 8.78 Å². The number of nitrogens with zero attached hydrogens (tertiary/aromatic N) is 4. The highest BCUT2D eigenvalue weighted by Gasteiger charge is 2.12. The molecule has 0 spiro atoms. The second-order valence-corrected chi connectivity index (χ2v) is 4.60. The van der Waals surface area contributed by atoms with Crippen molar-refractivity contribution in [3.05, 3.63) is 29.8 Å². The molecule has 0 fully saturated rings. The van der Waals surface area contributed by atoms with E-state index in [1.54, 1.807) is 13.1 Å². The summed E-state index contributed by atoms with van der Waals surface area (Å²) in [6.07, 6.45) is 3.04. The molecule has 2 rings (SSSR count). The molecule has 0 saturated carbocycles. The fraction of sp³-hybridized carbons (Fsp3) is 0.500. The van der Waals surface area contributed by atoms with Gasteiger partial charge in [-0.25, -0.2) is 4.68 Å². The van der Waals surface area contributed by atoms with Gasteiger partial charge in [-0.15, -0.1) is 0 Å². The van der Waals surface area contributed by atoms with Crippen LogP contribution in [0.4, 0.5) is 14.5 Å². The number of aromatic nitrogens is 4. The summed E-state index contributed by atoms with van der Waals surface area (Å²) in [5.74, 6) is 0. The van der Waals surface area contributed by atoms with Crippen LogP contribution in [0.1, 0.15) is 37.8 Å². The van der Waals surface area contributed by atoms with Gasteiger partial charge in [0.05, 0.1) is 29.8 Å². The van der Waals surface area contributed by atoms with Crippen LogP contribution >= 0.6 is 0 Å². The predicted octanol–water partition coefficient (Wildman–Crippen LogP) is 2.98. The first-order chi connectivity index (χ1) is 8.99. The van der Waals surface area contributed by atoms with Crippen molar-refractivity contribution in [2.75, 3.05) is 5.32 Å². The Morgan fingerprint density at radius 1 is 1.37 bits per heavy atom. The Kier molecular flexibility index (Phi) is 3.82. The summed E-state index contributed by atoms with van der Waals surface area (Å²) in [5.41, 5.74) is 2.16. The average Bonchev–Trinajstić information content (AvgIpc) is 2.92. The van der Waals surface area contributed by atoms with Crippen molar-refractivity contribution >= 4 is 5.69 Å². The van der Waals surface area contributed by atoms with Crippen molar-refractivity contribution in [3.8, 4) is 0 Å². The zero-order chi connectivity index (χ0) is 14.0. The summed E-state index contributed by atoms with van der Waals surface area (Å²) < 4.78 is 27.5. The first kappa shape index (κ1) is 13.5. The fourth-order valence-electron chi connectivity index (χ4n) is 1.89. The van der Waals surface area contributed by atoms with Crippen molar-refractivity contribution in [3.63, 3.8) is 0 Å². The molecule has 0 amide bonds. The van der Waals surface area contributed by atoms with Crippen LogP contribution in [0.25, 0.3) is 0 Å². The predicted molar refractivity (Wildman–Crippen MR) is 68.2 cm³/mol. The van der Waals surface area contributed by atoms with Gasteiger partial charge in [-0.1, -0.05) is 0 Å². The number of aryl methyl sites for hydroxylation is 1. The largest absolute Gasteiger partial charge is 0.377 e. The monoisotopic (exact) mass is 269 g/mol. The first-order valence-electron chi connectivity index (χ1n) is 6.09. The minimum atomic E-state index is -2.62. The van der Waals surface area contributed by atoms with Gasteiger partial charge < -0.3 is 5.32 Å². The zero-order valence-corrected chi connectivity index (χ0v) is 11.1. The summed E-state index contributed by atoms with van der Waals surface area (Å²) in [6.45, 7) is 3.68. The molecular formula is C12H17F2N5. The molecule has 2 aromatic rings. The molecule has 0 atom stereocenters. The van der Waals surface area contributed by atoms with Gasteiger partial charge in [0.15, 0.2) is 0 Å². The van der Waals surface area contributed by atoms with Crippen LogP contribution in [0.5, 0.6) is 0 Å². The lowest BCUT2D eigenvalue weighted by atomic mass is 10.3. The molecule has 104 valence electrons. The Hall–Kier alpha value is -1.92. The number of rotatable bonds is 5. The SMILES string of the molecule is Cc1nn(C(F)F)cc1NCc1ccnn1C(C)C. The average molecular weight is 269 g/mol. The molecule has 0 aliphatic carbocycles. The molecule has 2 aromatic heterocycles. The Bertz CT molecular complexity index is 544. The molecule has 1 N–H and O–H groups in total.